The molecule has 2 aromatic heterocycles. The topological polar surface area (TPSA) is 79.9 Å². The van der Waals surface area contributed by atoms with Gasteiger partial charge in [0.1, 0.15) is 11.5 Å². The van der Waals surface area contributed by atoms with Gasteiger partial charge < -0.3 is 9.47 Å². The Morgan fingerprint density at radius 3 is 1.25 bits per heavy atom. The number of nitrogens with zero attached hydrogens (tertiary/aromatic N) is 6. The van der Waals surface area contributed by atoms with E-state index in [0.29, 0.717) is 39.1 Å². The fraction of sp³-hybridized carbons (Fsp3) is 0.115. The van der Waals surface area contributed by atoms with Crippen molar-refractivity contribution in [1.29, 1.82) is 0 Å². The zero-order valence-electron chi connectivity index (χ0n) is 32.8. The van der Waals surface area contributed by atoms with Crippen LogP contribution in [0.5, 0.6) is 11.5 Å². The highest BCUT2D eigenvalue weighted by atomic mass is 16.5. The summed E-state index contributed by atoms with van der Waals surface area (Å²) >= 11 is 0. The number of ether oxygens (including phenoxy) is 2. The summed E-state index contributed by atoms with van der Waals surface area (Å²) in [6, 6.07) is 52.0. The fourth-order valence-electron chi connectivity index (χ4n) is 9.21. The van der Waals surface area contributed by atoms with Crippen LogP contribution in [-0.4, -0.2) is 43.2 Å². The molecular weight excluding hydrogens is 741 g/mol. The maximum absolute atomic E-state index is 6.21. The average molecular weight is 779 g/mol. The predicted octanol–water partition coefficient (Wildman–Crippen LogP) is 11.2. The Morgan fingerprint density at radius 1 is 0.383 bits per heavy atom. The number of fused-ring (bicyclic) bond motifs is 1. The van der Waals surface area contributed by atoms with Crippen molar-refractivity contribution >= 4 is 75.4 Å². The number of hydrogen-bond donors (Lipinski definition) is 0. The molecule has 0 bridgehead atoms. The van der Waals surface area contributed by atoms with Crippen LogP contribution in [0.2, 0.25) is 0 Å². The van der Waals surface area contributed by atoms with E-state index < -0.39 is 0 Å². The van der Waals surface area contributed by atoms with Crippen molar-refractivity contribution in [1.82, 2.24) is 30.0 Å². The average Bonchev–Trinajstić information content (AvgIpc) is 3.94. The van der Waals surface area contributed by atoms with E-state index in [0.717, 1.165) is 33.7 Å². The van der Waals surface area contributed by atoms with Gasteiger partial charge in [0.05, 0.1) is 37.7 Å². The van der Waals surface area contributed by atoms with E-state index in [1.807, 2.05) is 33.9 Å². The second-order valence-corrected chi connectivity index (χ2v) is 15.8. The second kappa shape index (κ2) is 14.1. The van der Waals surface area contributed by atoms with Crippen LogP contribution < -0.4 is 9.47 Å². The van der Waals surface area contributed by atoms with E-state index in [4.69, 9.17) is 9.47 Å². The summed E-state index contributed by atoms with van der Waals surface area (Å²) in [5, 5.41) is 35.5. The van der Waals surface area contributed by atoms with Crippen molar-refractivity contribution in [2.45, 2.75) is 25.9 Å². The van der Waals surface area contributed by atoms with Gasteiger partial charge in [-0.05, 0) is 111 Å². The fourth-order valence-corrected chi connectivity index (χ4v) is 9.21. The van der Waals surface area contributed by atoms with Crippen LogP contribution in [-0.2, 0) is 25.9 Å². The van der Waals surface area contributed by atoms with Gasteiger partial charge in [-0.25, -0.2) is 9.36 Å². The lowest BCUT2D eigenvalue weighted by molar-refractivity contribution is 0.320. The molecule has 2 heterocycles. The first-order valence-corrected chi connectivity index (χ1v) is 20.6. The summed E-state index contributed by atoms with van der Waals surface area (Å²) < 4.78 is 16.3. The van der Waals surface area contributed by atoms with Gasteiger partial charge in [-0.2, -0.15) is 0 Å². The van der Waals surface area contributed by atoms with Crippen molar-refractivity contribution in [3.63, 3.8) is 0 Å². The summed E-state index contributed by atoms with van der Waals surface area (Å²) in [5.41, 5.74) is 4.26. The Bertz CT molecular complexity index is 3270. The predicted molar refractivity (Wildman–Crippen MR) is 241 cm³/mol. The summed E-state index contributed by atoms with van der Waals surface area (Å²) in [7, 11) is 0. The van der Waals surface area contributed by atoms with E-state index >= 15 is 0 Å². The molecule has 288 valence electrons. The molecule has 0 fully saturated rings. The van der Waals surface area contributed by atoms with E-state index in [1.54, 1.807) is 0 Å². The minimum absolute atomic E-state index is 0.497. The third-order valence-electron chi connectivity index (χ3n) is 12.1. The van der Waals surface area contributed by atoms with Crippen LogP contribution in [0.4, 0.5) is 0 Å². The van der Waals surface area contributed by atoms with Crippen LogP contribution in [0, 0.1) is 0 Å². The monoisotopic (exact) mass is 778 g/mol. The van der Waals surface area contributed by atoms with Crippen LogP contribution in [0.15, 0.2) is 158 Å². The highest BCUT2D eigenvalue weighted by Crippen LogP contribution is 2.38. The van der Waals surface area contributed by atoms with Crippen molar-refractivity contribution in [2.24, 2.45) is 0 Å². The molecule has 0 unspecified atom stereocenters. The van der Waals surface area contributed by atoms with Crippen molar-refractivity contribution < 1.29 is 9.47 Å². The lowest BCUT2D eigenvalue weighted by Crippen LogP contribution is -2.03. The van der Waals surface area contributed by atoms with Gasteiger partial charge in [0.2, 0.25) is 0 Å². The molecule has 0 aliphatic rings. The van der Waals surface area contributed by atoms with Gasteiger partial charge in [-0.15, -0.1) is 10.2 Å². The molecule has 8 nitrogen and oxygen atoms in total. The van der Waals surface area contributed by atoms with Crippen molar-refractivity contribution in [3.05, 3.63) is 181 Å². The number of benzene rings is 10. The summed E-state index contributed by atoms with van der Waals surface area (Å²) in [5.74, 6) is 1.61. The molecule has 0 saturated carbocycles. The minimum Gasteiger partial charge on any atom is -0.493 e. The lowest BCUT2D eigenvalue weighted by Gasteiger charge is -2.13. The zero-order chi connectivity index (χ0) is 39.6. The summed E-state index contributed by atoms with van der Waals surface area (Å²) in [4.78, 5) is 0. The molecule has 60 heavy (non-hydrogen) atoms. The smallest absolute Gasteiger partial charge is 0.119 e. The third-order valence-corrected chi connectivity index (χ3v) is 12.1. The van der Waals surface area contributed by atoms with E-state index in [1.165, 1.54) is 75.8 Å². The van der Waals surface area contributed by atoms with Gasteiger partial charge in [-0.3, -0.25) is 0 Å². The van der Waals surface area contributed by atoms with Crippen LogP contribution in [0.1, 0.15) is 22.5 Å². The maximum Gasteiger partial charge on any atom is 0.119 e. The molecule has 0 saturated heterocycles. The number of hydrogen-bond acceptors (Lipinski definition) is 6. The second-order valence-electron chi connectivity index (χ2n) is 15.8. The summed E-state index contributed by atoms with van der Waals surface area (Å²) in [6.07, 6.45) is 5.37. The van der Waals surface area contributed by atoms with E-state index in [9.17, 15) is 0 Å². The largest absolute Gasteiger partial charge is 0.493 e. The van der Waals surface area contributed by atoms with Gasteiger partial charge in [0, 0.05) is 25.2 Å². The third kappa shape index (κ3) is 6.07. The molecule has 0 atom stereocenters. The van der Waals surface area contributed by atoms with Crippen molar-refractivity contribution in [2.75, 3.05) is 13.2 Å². The highest BCUT2D eigenvalue weighted by Gasteiger charge is 2.14. The molecule has 0 radical (unpaired) electrons. The Morgan fingerprint density at radius 2 is 0.783 bits per heavy atom. The first kappa shape index (κ1) is 34.5. The highest BCUT2D eigenvalue weighted by molar-refractivity contribution is 6.24. The van der Waals surface area contributed by atoms with Gasteiger partial charge in [-0.1, -0.05) is 132 Å². The molecule has 0 aliphatic carbocycles. The number of aromatic nitrogens is 6. The molecule has 0 aliphatic heterocycles. The maximum atomic E-state index is 6.21. The van der Waals surface area contributed by atoms with Gasteiger partial charge in [0.15, 0.2) is 0 Å². The molecular formula is C52H38N6O2. The van der Waals surface area contributed by atoms with Crippen LogP contribution in [0.25, 0.3) is 75.4 Å². The Balaban J connectivity index is 0.668. The minimum atomic E-state index is 0.497. The van der Waals surface area contributed by atoms with Crippen LogP contribution in [0.3, 0.4) is 0 Å². The van der Waals surface area contributed by atoms with E-state index in [-0.39, 0.29) is 0 Å². The Labute approximate surface area is 344 Å². The molecule has 8 heteroatoms. The first-order chi connectivity index (χ1) is 29.7. The lowest BCUT2D eigenvalue weighted by atomic mass is 9.92. The van der Waals surface area contributed by atoms with Crippen LogP contribution >= 0.6 is 0 Å². The van der Waals surface area contributed by atoms with Crippen molar-refractivity contribution in [3.8, 4) is 11.5 Å². The molecule has 0 amide bonds. The molecule has 12 rings (SSSR count). The van der Waals surface area contributed by atoms with Gasteiger partial charge in [0.25, 0.3) is 0 Å². The quantitative estimate of drug-likeness (QED) is 0.115. The number of rotatable bonds is 12. The SMILES string of the molecule is c1cc2ccc3ccc(Cn4cc(CCOc5ccc6ccc(OCCc7cn(Cc8ccc9ccc%10cccc%11ccc8c9c%10%11)nn7)cc6c5)nn4)c4ccc(c1)c2c34. The molecule has 0 N–H and O–H groups in total. The molecule has 10 aromatic carbocycles. The summed E-state index contributed by atoms with van der Waals surface area (Å²) in [6.45, 7) is 2.30. The molecule has 0 spiro atoms. The first-order valence-electron chi connectivity index (χ1n) is 20.6. The normalized spacial score (nSPS) is 12.1. The Kier molecular flexibility index (Phi) is 8.08. The standard InChI is InChI=1S/C52H38N6O2/c1-3-34-7-9-38-11-13-40(47-21-17-36(5-1)49(34)51(38)47)29-57-31-43(53-55-57)23-25-59-45-19-15-33-16-20-46(28-42(33)27-45)60-26-24-44-32-58(56-54-44)30-41-14-12-39-10-8-35-4-2-6-37-18-22-48(41)52(39)50(35)37/h1-22,27-28,31-32H,23-26,29-30H2. The Hall–Kier alpha value is -7.58. The van der Waals surface area contributed by atoms with E-state index in [2.05, 4.69) is 154 Å². The molecule has 12 aromatic rings. The zero-order valence-corrected chi connectivity index (χ0v) is 32.8. The van der Waals surface area contributed by atoms with Gasteiger partial charge >= 0.3 is 0 Å².